The summed E-state index contributed by atoms with van der Waals surface area (Å²) >= 11 is 5.68. The molecule has 0 saturated carbocycles. The molecule has 1 aromatic heterocycles. The molecule has 84 valence electrons. The molecule has 0 aliphatic rings. The summed E-state index contributed by atoms with van der Waals surface area (Å²) in [7, 11) is 0. The minimum Gasteiger partial charge on any atom is -0.396 e. The lowest BCUT2D eigenvalue weighted by Crippen LogP contribution is -1.98. The fraction of sp³-hybridized carbons (Fsp3) is 0.182. The largest absolute Gasteiger partial charge is 0.396 e. The molecule has 2 aromatic rings. The van der Waals surface area contributed by atoms with Crippen LogP contribution in [0.3, 0.4) is 0 Å². The smallest absolute Gasteiger partial charge is 0.141 e. The van der Waals surface area contributed by atoms with Crippen molar-refractivity contribution in [1.82, 2.24) is 9.78 Å². The monoisotopic (exact) mass is 240 g/mol. The number of hydrogen-bond donors (Lipinski definition) is 1. The number of aromatic nitrogens is 2. The molecular formula is C11H10ClFN2O. The first-order chi connectivity index (χ1) is 7.70. The van der Waals surface area contributed by atoms with E-state index in [-0.39, 0.29) is 11.6 Å². The fourth-order valence-electron chi connectivity index (χ4n) is 1.38. The van der Waals surface area contributed by atoms with Gasteiger partial charge in [0.25, 0.3) is 0 Å². The summed E-state index contributed by atoms with van der Waals surface area (Å²) in [4.78, 5) is 0. The molecule has 3 nitrogen and oxygen atoms in total. The predicted octanol–water partition coefficient (Wildman–Crippen LogP) is 2.20. The van der Waals surface area contributed by atoms with Gasteiger partial charge in [0.05, 0.1) is 16.4 Å². The van der Waals surface area contributed by atoms with Crippen LogP contribution in [0.4, 0.5) is 4.39 Å². The van der Waals surface area contributed by atoms with E-state index in [2.05, 4.69) is 5.10 Å². The number of benzene rings is 1. The van der Waals surface area contributed by atoms with Crippen molar-refractivity contribution in [2.45, 2.75) is 6.42 Å². The molecule has 0 radical (unpaired) electrons. The summed E-state index contributed by atoms with van der Waals surface area (Å²) in [5.74, 6) is -0.451. The summed E-state index contributed by atoms with van der Waals surface area (Å²) in [5, 5.41) is 13.0. The van der Waals surface area contributed by atoms with E-state index >= 15 is 0 Å². The van der Waals surface area contributed by atoms with E-state index in [1.807, 2.05) is 0 Å². The maximum atomic E-state index is 12.9. The molecule has 2 rings (SSSR count). The Labute approximate surface area is 97.1 Å². The number of nitrogens with zero attached hydrogens (tertiary/aromatic N) is 2. The molecular weight excluding hydrogens is 231 g/mol. The molecule has 16 heavy (non-hydrogen) atoms. The summed E-state index contributed by atoms with van der Waals surface area (Å²) in [6, 6.07) is 6.20. The van der Waals surface area contributed by atoms with Crippen molar-refractivity contribution in [3.63, 3.8) is 0 Å². The molecule has 0 unspecified atom stereocenters. The van der Waals surface area contributed by atoms with Crippen LogP contribution in [0.1, 0.15) is 5.69 Å². The van der Waals surface area contributed by atoms with Crippen molar-refractivity contribution in [2.24, 2.45) is 0 Å². The second-order valence-electron chi connectivity index (χ2n) is 3.32. The Morgan fingerprint density at radius 2 is 2.19 bits per heavy atom. The molecule has 0 spiro atoms. The van der Waals surface area contributed by atoms with E-state index in [4.69, 9.17) is 16.7 Å². The summed E-state index contributed by atoms with van der Waals surface area (Å²) in [6.07, 6.45) is 2.25. The van der Waals surface area contributed by atoms with Crippen LogP contribution in [-0.2, 0) is 6.42 Å². The van der Waals surface area contributed by atoms with E-state index in [0.29, 0.717) is 12.1 Å². The normalized spacial score (nSPS) is 10.7. The molecule has 1 heterocycles. The van der Waals surface area contributed by atoms with Gasteiger partial charge in [0, 0.05) is 19.2 Å². The van der Waals surface area contributed by atoms with Crippen molar-refractivity contribution in [3.8, 4) is 5.69 Å². The SMILES string of the molecule is OCCc1ccn(-c2ccc(F)c(Cl)c2)n1. The standard InChI is InChI=1S/C11H10ClFN2O/c12-10-7-9(1-2-11(10)13)15-5-3-8(14-15)4-6-16/h1-3,5,7,16H,4,6H2. The van der Waals surface area contributed by atoms with Gasteiger partial charge in [-0.1, -0.05) is 11.6 Å². The molecule has 1 N–H and O–H groups in total. The minimum atomic E-state index is -0.451. The van der Waals surface area contributed by atoms with Gasteiger partial charge in [-0.2, -0.15) is 5.10 Å². The topological polar surface area (TPSA) is 38.0 Å². The Morgan fingerprint density at radius 3 is 2.88 bits per heavy atom. The zero-order valence-electron chi connectivity index (χ0n) is 8.40. The number of hydrogen-bond acceptors (Lipinski definition) is 2. The lowest BCUT2D eigenvalue weighted by molar-refractivity contribution is 0.298. The highest BCUT2D eigenvalue weighted by molar-refractivity contribution is 6.30. The predicted molar refractivity (Wildman–Crippen MR) is 59.3 cm³/mol. The highest BCUT2D eigenvalue weighted by atomic mass is 35.5. The van der Waals surface area contributed by atoms with Crippen molar-refractivity contribution in [2.75, 3.05) is 6.61 Å². The zero-order chi connectivity index (χ0) is 11.5. The third kappa shape index (κ3) is 2.23. The maximum absolute atomic E-state index is 12.9. The van der Waals surface area contributed by atoms with Crippen LogP contribution in [0.2, 0.25) is 5.02 Å². The van der Waals surface area contributed by atoms with Crippen molar-refractivity contribution in [3.05, 3.63) is 47.0 Å². The highest BCUT2D eigenvalue weighted by Crippen LogP contribution is 2.18. The third-order valence-electron chi connectivity index (χ3n) is 2.18. The van der Waals surface area contributed by atoms with Crippen LogP contribution in [0, 0.1) is 5.82 Å². The minimum absolute atomic E-state index is 0.0567. The van der Waals surface area contributed by atoms with Gasteiger partial charge in [-0.05, 0) is 24.3 Å². The lowest BCUT2D eigenvalue weighted by atomic mass is 10.3. The highest BCUT2D eigenvalue weighted by Gasteiger charge is 2.04. The Morgan fingerprint density at radius 1 is 1.38 bits per heavy atom. The van der Waals surface area contributed by atoms with Gasteiger partial charge in [0.1, 0.15) is 5.82 Å². The number of aliphatic hydroxyl groups excluding tert-OH is 1. The first-order valence-corrected chi connectivity index (χ1v) is 5.19. The van der Waals surface area contributed by atoms with Gasteiger partial charge in [-0.3, -0.25) is 0 Å². The van der Waals surface area contributed by atoms with E-state index in [1.165, 1.54) is 12.1 Å². The summed E-state index contributed by atoms with van der Waals surface area (Å²) in [6.45, 7) is 0.0567. The van der Waals surface area contributed by atoms with Crippen molar-refractivity contribution in [1.29, 1.82) is 0 Å². The Bertz CT molecular complexity index is 498. The average molecular weight is 241 g/mol. The van der Waals surface area contributed by atoms with Crippen LogP contribution in [-0.4, -0.2) is 21.5 Å². The molecule has 0 amide bonds. The van der Waals surface area contributed by atoms with Crippen LogP contribution in [0.25, 0.3) is 5.69 Å². The summed E-state index contributed by atoms with van der Waals surface area (Å²) < 4.78 is 14.5. The number of rotatable bonds is 3. The van der Waals surface area contributed by atoms with Gasteiger partial charge in [-0.25, -0.2) is 9.07 Å². The molecule has 0 bridgehead atoms. The number of halogens is 2. The van der Waals surface area contributed by atoms with Gasteiger partial charge >= 0.3 is 0 Å². The fourth-order valence-corrected chi connectivity index (χ4v) is 1.56. The van der Waals surface area contributed by atoms with Gasteiger partial charge in [-0.15, -0.1) is 0 Å². The third-order valence-corrected chi connectivity index (χ3v) is 2.47. The second kappa shape index (κ2) is 4.63. The van der Waals surface area contributed by atoms with E-state index < -0.39 is 5.82 Å². The van der Waals surface area contributed by atoms with Gasteiger partial charge in [0.15, 0.2) is 0 Å². The average Bonchev–Trinajstić information content (AvgIpc) is 2.71. The van der Waals surface area contributed by atoms with Crippen LogP contribution in [0.15, 0.2) is 30.5 Å². The van der Waals surface area contributed by atoms with E-state index in [9.17, 15) is 4.39 Å². The van der Waals surface area contributed by atoms with Crippen molar-refractivity contribution < 1.29 is 9.50 Å². The van der Waals surface area contributed by atoms with Crippen LogP contribution >= 0.6 is 11.6 Å². The van der Waals surface area contributed by atoms with Crippen LogP contribution < -0.4 is 0 Å². The molecule has 5 heteroatoms. The van der Waals surface area contributed by atoms with E-state index in [1.54, 1.807) is 23.0 Å². The van der Waals surface area contributed by atoms with Gasteiger partial charge < -0.3 is 5.11 Å². The molecule has 0 aliphatic carbocycles. The van der Waals surface area contributed by atoms with Gasteiger partial charge in [0.2, 0.25) is 0 Å². The Hall–Kier alpha value is -1.39. The van der Waals surface area contributed by atoms with Crippen LogP contribution in [0.5, 0.6) is 0 Å². The molecule has 0 saturated heterocycles. The summed E-state index contributed by atoms with van der Waals surface area (Å²) in [5.41, 5.74) is 1.47. The second-order valence-corrected chi connectivity index (χ2v) is 3.73. The molecule has 0 atom stereocenters. The Kier molecular flexibility index (Phi) is 3.22. The number of aliphatic hydroxyl groups is 1. The van der Waals surface area contributed by atoms with Crippen molar-refractivity contribution >= 4 is 11.6 Å². The first-order valence-electron chi connectivity index (χ1n) is 4.81. The maximum Gasteiger partial charge on any atom is 0.141 e. The first kappa shape index (κ1) is 11.1. The quantitative estimate of drug-likeness (QED) is 0.893. The zero-order valence-corrected chi connectivity index (χ0v) is 9.15. The molecule has 0 aliphatic heterocycles. The molecule has 0 fully saturated rings. The van der Waals surface area contributed by atoms with E-state index in [0.717, 1.165) is 5.69 Å². The lowest BCUT2D eigenvalue weighted by Gasteiger charge is -2.02. The Balaban J connectivity index is 2.31. The molecule has 1 aromatic carbocycles.